The molecule has 3 aromatic rings. The fraction of sp³-hybridized carbons (Fsp3) is 0.500. The van der Waals surface area contributed by atoms with Crippen molar-refractivity contribution in [1.29, 1.82) is 0 Å². The molecular weight excluding hydrogens is 538 g/mol. The molecule has 1 fully saturated rings. The van der Waals surface area contributed by atoms with Gasteiger partial charge in [-0.05, 0) is 83.1 Å². The summed E-state index contributed by atoms with van der Waals surface area (Å²) in [6, 6.07) is 5.79. The van der Waals surface area contributed by atoms with E-state index in [1.54, 1.807) is 18.3 Å². The third-order valence-electron chi connectivity index (χ3n) is 8.29. The van der Waals surface area contributed by atoms with Crippen LogP contribution in [0.15, 0.2) is 45.6 Å². The lowest BCUT2D eigenvalue weighted by Crippen LogP contribution is -2.40. The summed E-state index contributed by atoms with van der Waals surface area (Å²) in [5.41, 5.74) is 6.15. The van der Waals surface area contributed by atoms with Crippen molar-refractivity contribution in [2.75, 3.05) is 18.6 Å². The fourth-order valence-corrected chi connectivity index (χ4v) is 6.14. The first-order valence-electron chi connectivity index (χ1n) is 14.7. The number of halogens is 1. The molecule has 0 aliphatic heterocycles. The number of carbonyl (C=O) groups excluding carboxylic acids is 1. The van der Waals surface area contributed by atoms with Crippen LogP contribution >= 0.6 is 11.6 Å². The summed E-state index contributed by atoms with van der Waals surface area (Å²) in [5.74, 6) is 1.92. The van der Waals surface area contributed by atoms with Gasteiger partial charge in [0.2, 0.25) is 0 Å². The maximum absolute atomic E-state index is 11.9. The number of hydrogen-bond acceptors (Lipinski definition) is 8. The lowest BCUT2D eigenvalue weighted by atomic mass is 9.93. The summed E-state index contributed by atoms with van der Waals surface area (Å²) in [5, 5.41) is 9.25. The van der Waals surface area contributed by atoms with Gasteiger partial charge in [0, 0.05) is 47.3 Å². The molecule has 2 aliphatic carbocycles. The smallest absolute Gasteiger partial charge is 0.337 e. The first-order chi connectivity index (χ1) is 19.8. The summed E-state index contributed by atoms with van der Waals surface area (Å²) >= 11 is 6.72. The van der Waals surface area contributed by atoms with E-state index in [0.717, 1.165) is 84.0 Å². The fourth-order valence-electron chi connectivity index (χ4n) is 5.79. The number of hydrogen-bond donors (Lipinski definition) is 1. The quantitative estimate of drug-likeness (QED) is 0.227. The number of allylic oxidation sites excluding steroid dienone is 4. The monoisotopic (exact) mass is 577 g/mol. The highest BCUT2D eigenvalue weighted by Gasteiger charge is 2.34. The minimum absolute atomic E-state index is 0.226. The average molecular weight is 578 g/mol. The van der Waals surface area contributed by atoms with Crippen LogP contribution < -0.4 is 10.2 Å². The highest BCUT2D eigenvalue weighted by Crippen LogP contribution is 2.45. The molecular formula is C32H40ClN5O3. The number of methoxy groups -OCH3 is 1. The van der Waals surface area contributed by atoms with Gasteiger partial charge in [0.25, 0.3) is 0 Å². The Morgan fingerprint density at radius 1 is 1.27 bits per heavy atom. The van der Waals surface area contributed by atoms with Crippen LogP contribution in [-0.2, 0) is 11.3 Å². The van der Waals surface area contributed by atoms with E-state index < -0.39 is 0 Å². The largest absolute Gasteiger partial charge is 0.465 e. The van der Waals surface area contributed by atoms with Gasteiger partial charge in [0.05, 0.1) is 29.9 Å². The third-order valence-corrected chi connectivity index (χ3v) is 8.67. The van der Waals surface area contributed by atoms with E-state index in [9.17, 15) is 4.79 Å². The van der Waals surface area contributed by atoms with Crippen molar-refractivity contribution in [3.63, 3.8) is 0 Å². The average Bonchev–Trinajstić information content (AvgIpc) is 3.74. The Bertz CT molecular complexity index is 1480. The van der Waals surface area contributed by atoms with Crippen LogP contribution in [-0.4, -0.2) is 46.8 Å². The van der Waals surface area contributed by atoms with Crippen molar-refractivity contribution in [1.82, 2.24) is 20.4 Å². The molecule has 0 saturated heterocycles. The number of esters is 1. The van der Waals surface area contributed by atoms with Crippen molar-refractivity contribution in [3.8, 4) is 0 Å². The van der Waals surface area contributed by atoms with Gasteiger partial charge < -0.3 is 19.5 Å². The molecule has 0 radical (unpaired) electrons. The van der Waals surface area contributed by atoms with Gasteiger partial charge >= 0.3 is 5.97 Å². The Balaban J connectivity index is 1.31. The van der Waals surface area contributed by atoms with E-state index in [1.165, 1.54) is 12.7 Å². The first-order valence-corrected chi connectivity index (χ1v) is 15.1. The zero-order valence-corrected chi connectivity index (χ0v) is 25.4. The molecule has 0 bridgehead atoms. The van der Waals surface area contributed by atoms with Crippen molar-refractivity contribution < 1.29 is 14.1 Å². The minimum Gasteiger partial charge on any atom is -0.465 e. The Morgan fingerprint density at radius 2 is 2.07 bits per heavy atom. The lowest BCUT2D eigenvalue weighted by Gasteiger charge is -2.32. The molecule has 41 heavy (non-hydrogen) atoms. The number of ether oxygens (including phenoxy) is 1. The number of aromatic nitrogens is 3. The molecule has 1 aromatic carbocycles. The van der Waals surface area contributed by atoms with E-state index in [4.69, 9.17) is 25.8 Å². The molecule has 5 rings (SSSR count). The number of nitrogens with zero attached hydrogens (tertiary/aromatic N) is 4. The predicted molar refractivity (Wildman–Crippen MR) is 163 cm³/mol. The number of anilines is 1. The molecule has 2 aliphatic rings. The predicted octanol–water partition coefficient (Wildman–Crippen LogP) is 7.15. The summed E-state index contributed by atoms with van der Waals surface area (Å²) in [7, 11) is 1.37. The van der Waals surface area contributed by atoms with Gasteiger partial charge in [-0.25, -0.2) is 9.78 Å². The summed E-state index contributed by atoms with van der Waals surface area (Å²) in [6.07, 6.45) is 10.1. The van der Waals surface area contributed by atoms with Crippen LogP contribution in [0.3, 0.4) is 0 Å². The second kappa shape index (κ2) is 12.7. The van der Waals surface area contributed by atoms with E-state index in [0.29, 0.717) is 23.5 Å². The summed E-state index contributed by atoms with van der Waals surface area (Å²) in [4.78, 5) is 23.7. The molecule has 218 valence electrons. The molecule has 2 atom stereocenters. The second-order valence-corrected chi connectivity index (χ2v) is 11.6. The molecule has 2 aromatic heterocycles. The second-order valence-electron chi connectivity index (χ2n) is 11.1. The highest BCUT2D eigenvalue weighted by atomic mass is 35.5. The molecule has 9 heteroatoms. The van der Waals surface area contributed by atoms with Crippen molar-refractivity contribution >= 4 is 40.0 Å². The zero-order chi connectivity index (χ0) is 29.1. The summed E-state index contributed by atoms with van der Waals surface area (Å²) < 4.78 is 10.8. The van der Waals surface area contributed by atoms with E-state index in [1.807, 2.05) is 6.07 Å². The first kappa shape index (κ1) is 29.3. The molecule has 1 saturated carbocycles. The number of benzene rings is 1. The SMILES string of the molecule is CCC(CC(C)N(CC)c1cnc2cc(C(=O)OC)ccc2n1)NCc1c(C2=C(Cl)CCC=C2C)noc1C1CC1. The summed E-state index contributed by atoms with van der Waals surface area (Å²) in [6.45, 7) is 10.2. The maximum atomic E-state index is 11.9. The molecule has 0 amide bonds. The van der Waals surface area contributed by atoms with Gasteiger partial charge in [-0.3, -0.25) is 4.98 Å². The van der Waals surface area contributed by atoms with Crippen LogP contribution in [0.2, 0.25) is 0 Å². The van der Waals surface area contributed by atoms with E-state index >= 15 is 0 Å². The molecule has 8 nitrogen and oxygen atoms in total. The molecule has 2 heterocycles. The van der Waals surface area contributed by atoms with Gasteiger partial charge in [-0.1, -0.05) is 29.8 Å². The Labute approximate surface area is 247 Å². The number of nitrogens with one attached hydrogen (secondary N) is 1. The lowest BCUT2D eigenvalue weighted by molar-refractivity contribution is 0.0601. The highest BCUT2D eigenvalue weighted by molar-refractivity contribution is 6.33. The topological polar surface area (TPSA) is 93.4 Å². The van der Waals surface area contributed by atoms with Crippen LogP contribution in [0.25, 0.3) is 16.6 Å². The Hall–Kier alpha value is -3.23. The van der Waals surface area contributed by atoms with Crippen LogP contribution in [0.4, 0.5) is 5.82 Å². The zero-order valence-electron chi connectivity index (χ0n) is 24.7. The molecule has 1 N–H and O–H groups in total. The number of fused-ring (bicyclic) bond motifs is 1. The Morgan fingerprint density at radius 3 is 2.76 bits per heavy atom. The van der Waals surface area contributed by atoms with Gasteiger partial charge in [0.1, 0.15) is 17.3 Å². The van der Waals surface area contributed by atoms with Gasteiger partial charge in [0.15, 0.2) is 0 Å². The molecule has 2 unspecified atom stereocenters. The maximum Gasteiger partial charge on any atom is 0.337 e. The standard InChI is InChI=1S/C32H40ClN5O3/c1-6-23(34-17-24-30(37-41-31(24)21-11-12-21)29-19(3)9-8-10-25(29)33)15-20(4)38(7-2)28-18-35-27-16-22(32(39)40-5)13-14-26(27)36-28/h9,13-14,16,18,20-21,23,34H,6-8,10-12,15,17H2,1-5H3. The van der Waals surface area contributed by atoms with E-state index in [-0.39, 0.29) is 18.1 Å². The Kier molecular flexibility index (Phi) is 9.09. The van der Waals surface area contributed by atoms with Crippen LogP contribution in [0, 0.1) is 0 Å². The van der Waals surface area contributed by atoms with Gasteiger partial charge in [-0.15, -0.1) is 0 Å². The minimum atomic E-state index is -0.382. The third kappa shape index (κ3) is 6.33. The van der Waals surface area contributed by atoms with Crippen molar-refractivity contribution in [3.05, 3.63) is 63.7 Å². The van der Waals surface area contributed by atoms with Crippen molar-refractivity contribution in [2.45, 2.75) is 90.8 Å². The van der Waals surface area contributed by atoms with Gasteiger partial charge in [-0.2, -0.15) is 0 Å². The number of rotatable bonds is 12. The van der Waals surface area contributed by atoms with E-state index in [2.05, 4.69) is 54.1 Å². The van der Waals surface area contributed by atoms with Crippen LogP contribution in [0.5, 0.6) is 0 Å². The van der Waals surface area contributed by atoms with Crippen LogP contribution in [0.1, 0.15) is 99.5 Å². The number of carbonyl (C=O) groups is 1. The van der Waals surface area contributed by atoms with Crippen molar-refractivity contribution in [2.24, 2.45) is 0 Å². The molecule has 0 spiro atoms. The normalized spacial score (nSPS) is 17.0.